The van der Waals surface area contributed by atoms with Crippen LogP contribution in [0.4, 0.5) is 0 Å². The van der Waals surface area contributed by atoms with Crippen molar-refractivity contribution in [2.75, 3.05) is 26.7 Å². The highest BCUT2D eigenvalue weighted by molar-refractivity contribution is 5.77. The van der Waals surface area contributed by atoms with E-state index in [1.54, 1.807) is 7.05 Å². The molecule has 1 aromatic rings. The maximum atomic E-state index is 11.3. The number of amides is 1. The number of hydrogen-bond acceptors (Lipinski definition) is 4. The minimum absolute atomic E-state index is 0.0975. The van der Waals surface area contributed by atoms with E-state index in [0.29, 0.717) is 12.6 Å². The Hall–Kier alpha value is -1.46. The lowest BCUT2D eigenvalue weighted by atomic mass is 10.0. The van der Waals surface area contributed by atoms with Gasteiger partial charge in [-0.05, 0) is 31.4 Å². The van der Waals surface area contributed by atoms with Crippen LogP contribution in [0, 0.1) is 6.92 Å². The summed E-state index contributed by atoms with van der Waals surface area (Å²) in [5.74, 6) is 0.0975. The molecule has 1 amide bonds. The van der Waals surface area contributed by atoms with Crippen molar-refractivity contribution in [1.82, 2.24) is 20.5 Å². The number of piperidine rings is 1. The number of carbonyl (C=O) groups is 1. The first-order chi connectivity index (χ1) is 9.67. The van der Waals surface area contributed by atoms with E-state index < -0.39 is 0 Å². The van der Waals surface area contributed by atoms with Crippen LogP contribution in [0.25, 0.3) is 0 Å². The molecule has 1 aromatic heterocycles. The topological polar surface area (TPSA) is 57.3 Å². The van der Waals surface area contributed by atoms with E-state index >= 15 is 0 Å². The zero-order chi connectivity index (χ0) is 14.4. The molecule has 2 N–H and O–H groups in total. The number of likely N-dealkylation sites (N-methyl/N-ethyl adjacent to an activating group) is 1. The Balaban J connectivity index is 1.69. The molecule has 0 spiro atoms. The quantitative estimate of drug-likeness (QED) is 0.831. The van der Waals surface area contributed by atoms with Crippen LogP contribution in [0.1, 0.15) is 24.1 Å². The lowest BCUT2D eigenvalue weighted by molar-refractivity contribution is -0.122. The molecule has 5 heteroatoms. The minimum Gasteiger partial charge on any atom is -0.358 e. The third kappa shape index (κ3) is 4.58. The molecule has 2 heterocycles. The van der Waals surface area contributed by atoms with E-state index in [1.165, 1.54) is 5.56 Å². The van der Waals surface area contributed by atoms with Gasteiger partial charge in [0.05, 0.1) is 12.2 Å². The number of rotatable bonds is 5. The normalized spacial score (nSPS) is 17.1. The summed E-state index contributed by atoms with van der Waals surface area (Å²) in [6, 6.07) is 4.69. The van der Waals surface area contributed by atoms with Crippen LogP contribution >= 0.6 is 0 Å². The molecule has 0 unspecified atom stereocenters. The Labute approximate surface area is 120 Å². The van der Waals surface area contributed by atoms with Gasteiger partial charge in [0.15, 0.2) is 0 Å². The van der Waals surface area contributed by atoms with Crippen molar-refractivity contribution >= 4 is 5.91 Å². The molecular weight excluding hydrogens is 252 g/mol. The molecule has 20 heavy (non-hydrogen) atoms. The van der Waals surface area contributed by atoms with Crippen LogP contribution in [0.5, 0.6) is 0 Å². The Morgan fingerprint density at radius 2 is 2.15 bits per heavy atom. The molecule has 0 bridgehead atoms. The number of hydrogen-bond donors (Lipinski definition) is 2. The second-order valence-corrected chi connectivity index (χ2v) is 5.43. The Kier molecular flexibility index (Phi) is 5.49. The molecule has 1 aliphatic rings. The van der Waals surface area contributed by atoms with Crippen molar-refractivity contribution in [2.45, 2.75) is 32.4 Å². The third-order valence-corrected chi connectivity index (χ3v) is 3.78. The summed E-state index contributed by atoms with van der Waals surface area (Å²) in [5, 5.41) is 6.23. The van der Waals surface area contributed by atoms with E-state index in [9.17, 15) is 4.79 Å². The second kappa shape index (κ2) is 7.36. The minimum atomic E-state index is 0.0975. The average Bonchev–Trinajstić information content (AvgIpc) is 2.48. The fourth-order valence-electron chi connectivity index (χ4n) is 2.43. The van der Waals surface area contributed by atoms with Crippen LogP contribution < -0.4 is 10.6 Å². The molecule has 110 valence electrons. The molecule has 1 aliphatic heterocycles. The molecule has 0 atom stereocenters. The fraction of sp³-hybridized carbons (Fsp3) is 0.600. The number of nitrogens with zero attached hydrogens (tertiary/aromatic N) is 2. The van der Waals surface area contributed by atoms with Crippen LogP contribution in [0.3, 0.4) is 0 Å². The molecule has 0 radical (unpaired) electrons. The summed E-state index contributed by atoms with van der Waals surface area (Å²) in [4.78, 5) is 17.9. The van der Waals surface area contributed by atoms with Gasteiger partial charge in [-0.2, -0.15) is 0 Å². The van der Waals surface area contributed by atoms with Gasteiger partial charge in [-0.3, -0.25) is 14.7 Å². The van der Waals surface area contributed by atoms with Gasteiger partial charge < -0.3 is 10.6 Å². The first kappa shape index (κ1) is 14.9. The number of pyridine rings is 1. The van der Waals surface area contributed by atoms with Gasteiger partial charge in [-0.25, -0.2) is 0 Å². The zero-order valence-electron chi connectivity index (χ0n) is 12.4. The fourth-order valence-corrected chi connectivity index (χ4v) is 2.43. The summed E-state index contributed by atoms with van der Waals surface area (Å²) in [5.41, 5.74) is 2.28. The highest BCUT2D eigenvalue weighted by atomic mass is 16.1. The smallest absolute Gasteiger partial charge is 0.233 e. The van der Waals surface area contributed by atoms with Crippen molar-refractivity contribution in [1.29, 1.82) is 0 Å². The highest BCUT2D eigenvalue weighted by Crippen LogP contribution is 2.10. The summed E-state index contributed by atoms with van der Waals surface area (Å²) in [7, 11) is 1.69. The molecule has 1 fully saturated rings. The van der Waals surface area contributed by atoms with E-state index in [1.807, 2.05) is 13.1 Å². The van der Waals surface area contributed by atoms with Gasteiger partial charge in [0.2, 0.25) is 5.91 Å². The van der Waals surface area contributed by atoms with Gasteiger partial charge in [0.1, 0.15) is 0 Å². The average molecular weight is 276 g/mol. The van der Waals surface area contributed by atoms with Crippen LogP contribution in [0.2, 0.25) is 0 Å². The predicted molar refractivity (Wildman–Crippen MR) is 79.3 cm³/mol. The number of carbonyl (C=O) groups excluding carboxylic acids is 1. The molecule has 0 aliphatic carbocycles. The molecule has 1 saturated heterocycles. The summed E-state index contributed by atoms with van der Waals surface area (Å²) in [6.45, 7) is 5.34. The summed E-state index contributed by atoms with van der Waals surface area (Å²) < 4.78 is 0. The summed E-state index contributed by atoms with van der Waals surface area (Å²) >= 11 is 0. The van der Waals surface area contributed by atoms with E-state index in [-0.39, 0.29) is 5.91 Å². The maximum Gasteiger partial charge on any atom is 0.233 e. The predicted octanol–water partition coefficient (Wildman–Crippen LogP) is 0.690. The Bertz CT molecular complexity index is 424. The standard InChI is InChI=1S/C15H24N4O/c1-12-3-4-14(17-9-12)10-18-13-5-7-19(8-6-13)11-15(20)16-2/h3-4,9,13,18H,5-8,10-11H2,1-2H3,(H,16,20). The molecule has 0 aromatic carbocycles. The van der Waals surface area contributed by atoms with Gasteiger partial charge in [0.25, 0.3) is 0 Å². The monoisotopic (exact) mass is 276 g/mol. The van der Waals surface area contributed by atoms with Crippen molar-refractivity contribution < 1.29 is 4.79 Å². The molecule has 5 nitrogen and oxygen atoms in total. The molecular formula is C15H24N4O. The van der Waals surface area contributed by atoms with Crippen molar-refractivity contribution in [3.63, 3.8) is 0 Å². The lowest BCUT2D eigenvalue weighted by Crippen LogP contribution is -2.45. The van der Waals surface area contributed by atoms with E-state index in [0.717, 1.165) is 38.2 Å². The van der Waals surface area contributed by atoms with Crippen molar-refractivity contribution in [3.8, 4) is 0 Å². The van der Waals surface area contributed by atoms with Crippen molar-refractivity contribution in [2.24, 2.45) is 0 Å². The third-order valence-electron chi connectivity index (χ3n) is 3.78. The first-order valence-corrected chi connectivity index (χ1v) is 7.25. The number of aromatic nitrogens is 1. The van der Waals surface area contributed by atoms with E-state index in [4.69, 9.17) is 0 Å². The zero-order valence-corrected chi connectivity index (χ0v) is 12.4. The molecule has 2 rings (SSSR count). The number of nitrogens with one attached hydrogen (secondary N) is 2. The second-order valence-electron chi connectivity index (χ2n) is 5.43. The Morgan fingerprint density at radius 3 is 2.75 bits per heavy atom. The number of likely N-dealkylation sites (tertiary alicyclic amines) is 1. The Morgan fingerprint density at radius 1 is 1.40 bits per heavy atom. The number of aryl methyl sites for hydroxylation is 1. The SMILES string of the molecule is CNC(=O)CN1CCC(NCc2ccc(C)cn2)CC1. The largest absolute Gasteiger partial charge is 0.358 e. The van der Waals surface area contributed by atoms with Crippen molar-refractivity contribution in [3.05, 3.63) is 29.6 Å². The first-order valence-electron chi connectivity index (χ1n) is 7.25. The van der Waals surface area contributed by atoms with Crippen LogP contribution in [0.15, 0.2) is 18.3 Å². The van der Waals surface area contributed by atoms with Crippen LogP contribution in [-0.2, 0) is 11.3 Å². The highest BCUT2D eigenvalue weighted by Gasteiger charge is 2.20. The van der Waals surface area contributed by atoms with E-state index in [2.05, 4.69) is 32.7 Å². The van der Waals surface area contributed by atoms with Crippen LogP contribution in [-0.4, -0.2) is 48.5 Å². The van der Waals surface area contributed by atoms with Gasteiger partial charge in [0, 0.05) is 38.9 Å². The van der Waals surface area contributed by atoms with Gasteiger partial charge in [-0.15, -0.1) is 0 Å². The lowest BCUT2D eigenvalue weighted by Gasteiger charge is -2.31. The summed E-state index contributed by atoms with van der Waals surface area (Å²) in [6.07, 6.45) is 4.08. The van der Waals surface area contributed by atoms with Gasteiger partial charge >= 0.3 is 0 Å². The maximum absolute atomic E-state index is 11.3. The molecule has 0 saturated carbocycles. The van der Waals surface area contributed by atoms with Gasteiger partial charge in [-0.1, -0.05) is 6.07 Å².